The van der Waals surface area contributed by atoms with Gasteiger partial charge in [0, 0.05) is 13.1 Å². The first kappa shape index (κ1) is 26.6. The number of carbonyl (C=O) groups excluding carboxylic acids is 4. The lowest BCUT2D eigenvalue weighted by atomic mass is 10.1. The van der Waals surface area contributed by atoms with E-state index in [1.165, 1.54) is 6.92 Å². The van der Waals surface area contributed by atoms with Crippen molar-refractivity contribution in [3.05, 3.63) is 0 Å². The van der Waals surface area contributed by atoms with Gasteiger partial charge in [0.1, 0.15) is 18.1 Å². The van der Waals surface area contributed by atoms with Gasteiger partial charge in [0.15, 0.2) is 5.96 Å². The Morgan fingerprint density at radius 2 is 1.72 bits per heavy atom. The predicted molar refractivity (Wildman–Crippen MR) is 114 cm³/mol. The molecule has 14 heteroatoms. The van der Waals surface area contributed by atoms with Gasteiger partial charge in [-0.1, -0.05) is 0 Å². The molecule has 4 unspecified atom stereocenters. The van der Waals surface area contributed by atoms with E-state index in [9.17, 15) is 29.1 Å². The number of guanidine groups is 1. The van der Waals surface area contributed by atoms with Gasteiger partial charge in [0.2, 0.25) is 23.6 Å². The number of likely N-dealkylation sites (tertiary alicyclic amines) is 1. The van der Waals surface area contributed by atoms with Gasteiger partial charge in [-0.2, -0.15) is 0 Å². The van der Waals surface area contributed by atoms with Crippen LogP contribution in [-0.2, 0) is 24.0 Å². The van der Waals surface area contributed by atoms with Crippen LogP contribution in [0.2, 0.25) is 0 Å². The molecule has 32 heavy (non-hydrogen) atoms. The van der Waals surface area contributed by atoms with Crippen molar-refractivity contribution >= 4 is 35.6 Å². The van der Waals surface area contributed by atoms with E-state index in [0.717, 1.165) is 4.90 Å². The summed E-state index contributed by atoms with van der Waals surface area (Å²) >= 11 is 0. The lowest BCUT2D eigenvalue weighted by molar-refractivity contribution is -0.149. The van der Waals surface area contributed by atoms with Crippen molar-refractivity contribution in [1.82, 2.24) is 15.5 Å². The van der Waals surface area contributed by atoms with Crippen molar-refractivity contribution in [2.45, 2.75) is 63.2 Å². The van der Waals surface area contributed by atoms with Gasteiger partial charge in [-0.3, -0.25) is 24.2 Å². The molecule has 1 aliphatic rings. The molecule has 4 amide bonds. The molecule has 0 radical (unpaired) electrons. The zero-order valence-corrected chi connectivity index (χ0v) is 18.0. The Hall–Kier alpha value is -3.42. The largest absolute Gasteiger partial charge is 0.480 e. The second-order valence-electron chi connectivity index (χ2n) is 7.56. The molecule has 0 aromatic rings. The molecule has 14 nitrogen and oxygen atoms in total. The van der Waals surface area contributed by atoms with Gasteiger partial charge in [-0.25, -0.2) is 4.79 Å². The number of amides is 4. The van der Waals surface area contributed by atoms with Crippen LogP contribution in [0.25, 0.3) is 0 Å². The van der Waals surface area contributed by atoms with E-state index in [2.05, 4.69) is 15.6 Å². The van der Waals surface area contributed by atoms with Gasteiger partial charge in [-0.05, 0) is 32.6 Å². The minimum absolute atomic E-state index is 0.111. The summed E-state index contributed by atoms with van der Waals surface area (Å²) in [4.78, 5) is 65.6. The van der Waals surface area contributed by atoms with Gasteiger partial charge in [0.25, 0.3) is 0 Å². The fourth-order valence-corrected chi connectivity index (χ4v) is 3.24. The Morgan fingerprint density at radius 3 is 2.25 bits per heavy atom. The molecule has 1 rings (SSSR count). The average molecular weight is 457 g/mol. The van der Waals surface area contributed by atoms with Crippen LogP contribution >= 0.6 is 0 Å². The Morgan fingerprint density at radius 1 is 1.09 bits per heavy atom. The summed E-state index contributed by atoms with van der Waals surface area (Å²) in [5.74, 6) is -4.26. The minimum Gasteiger partial charge on any atom is -0.480 e. The highest BCUT2D eigenvalue weighted by Crippen LogP contribution is 2.19. The van der Waals surface area contributed by atoms with Crippen molar-refractivity contribution in [1.29, 1.82) is 0 Å². The number of primary amides is 1. The van der Waals surface area contributed by atoms with E-state index >= 15 is 0 Å². The standard InChI is InChI=1S/C18H32N8O6/c1-9(19)14(28)24-10(4-2-6-23-18(21)22)15(29)25-11(8-13(20)27)16(30)26-7-3-5-12(26)17(31)32/h9-12H,2-8,19H2,1H3,(H2,20,27)(H,24,28)(H,25,29)(H,31,32)(H4,21,22,23). The lowest BCUT2D eigenvalue weighted by Crippen LogP contribution is -2.57. The van der Waals surface area contributed by atoms with Gasteiger partial charge in [0.05, 0.1) is 12.5 Å². The highest BCUT2D eigenvalue weighted by atomic mass is 16.4. The summed E-state index contributed by atoms with van der Waals surface area (Å²) in [6.45, 7) is 1.80. The van der Waals surface area contributed by atoms with Gasteiger partial charge < -0.3 is 43.6 Å². The summed E-state index contributed by atoms with van der Waals surface area (Å²) in [5, 5.41) is 14.2. The van der Waals surface area contributed by atoms with Crippen LogP contribution in [-0.4, -0.2) is 82.8 Å². The van der Waals surface area contributed by atoms with Crippen molar-refractivity contribution in [3.63, 3.8) is 0 Å². The van der Waals surface area contributed by atoms with Crippen LogP contribution in [0, 0.1) is 0 Å². The number of carbonyl (C=O) groups is 5. The quantitative estimate of drug-likeness (QED) is 0.0865. The van der Waals surface area contributed by atoms with Crippen LogP contribution in [0.15, 0.2) is 4.99 Å². The monoisotopic (exact) mass is 456 g/mol. The third-order valence-electron chi connectivity index (χ3n) is 4.83. The SMILES string of the molecule is CC(N)C(=O)NC(CCCN=C(N)N)C(=O)NC(CC(N)=O)C(=O)N1CCCC1C(=O)O. The smallest absolute Gasteiger partial charge is 0.326 e. The first-order valence-corrected chi connectivity index (χ1v) is 10.2. The number of rotatable bonds is 12. The molecule has 0 spiro atoms. The minimum atomic E-state index is -1.38. The summed E-state index contributed by atoms with van der Waals surface area (Å²) in [6, 6.07) is -4.43. The van der Waals surface area contributed by atoms with Gasteiger partial charge >= 0.3 is 5.97 Å². The number of hydrogen-bond donors (Lipinski definition) is 7. The number of carboxylic acids is 1. The van der Waals surface area contributed by atoms with Crippen LogP contribution in [0.4, 0.5) is 0 Å². The maximum absolute atomic E-state index is 12.9. The van der Waals surface area contributed by atoms with E-state index in [1.54, 1.807) is 0 Å². The van der Waals surface area contributed by atoms with Gasteiger partial charge in [-0.15, -0.1) is 0 Å². The Balaban J connectivity index is 2.98. The molecule has 4 atom stereocenters. The van der Waals surface area contributed by atoms with Crippen LogP contribution in [0.3, 0.4) is 0 Å². The van der Waals surface area contributed by atoms with Crippen LogP contribution < -0.4 is 33.6 Å². The second-order valence-corrected chi connectivity index (χ2v) is 7.56. The first-order chi connectivity index (χ1) is 14.9. The summed E-state index contributed by atoms with van der Waals surface area (Å²) in [7, 11) is 0. The normalized spacial score (nSPS) is 18.2. The third kappa shape index (κ3) is 8.37. The fourth-order valence-electron chi connectivity index (χ4n) is 3.24. The molecule has 11 N–H and O–H groups in total. The fraction of sp³-hybridized carbons (Fsp3) is 0.667. The molecule has 0 saturated carbocycles. The third-order valence-corrected chi connectivity index (χ3v) is 4.83. The summed E-state index contributed by atoms with van der Waals surface area (Å²) < 4.78 is 0. The molecule has 0 aromatic heterocycles. The second kappa shape index (κ2) is 12.4. The lowest BCUT2D eigenvalue weighted by Gasteiger charge is -2.28. The number of hydrogen-bond acceptors (Lipinski definition) is 7. The number of carboxylic acid groups (broad SMARTS) is 1. The topological polar surface area (TPSA) is 249 Å². The van der Waals surface area contributed by atoms with E-state index in [1.807, 2.05) is 0 Å². The maximum atomic E-state index is 12.9. The number of aliphatic imine (C=N–C) groups is 1. The predicted octanol–water partition coefficient (Wildman–Crippen LogP) is -3.69. The average Bonchev–Trinajstić information content (AvgIpc) is 3.18. The summed E-state index contributed by atoms with van der Waals surface area (Å²) in [5.41, 5.74) is 21.3. The molecule has 180 valence electrons. The Kier molecular flexibility index (Phi) is 10.3. The van der Waals surface area contributed by atoms with E-state index in [4.69, 9.17) is 22.9 Å². The molecule has 1 aliphatic heterocycles. The molecule has 0 aromatic carbocycles. The Bertz CT molecular complexity index is 752. The molecular weight excluding hydrogens is 424 g/mol. The molecule has 0 bridgehead atoms. The van der Waals surface area contributed by atoms with Crippen LogP contribution in [0.5, 0.6) is 0 Å². The van der Waals surface area contributed by atoms with Crippen molar-refractivity contribution < 1.29 is 29.1 Å². The Labute approximate surface area is 185 Å². The number of nitrogens with one attached hydrogen (secondary N) is 2. The number of nitrogens with zero attached hydrogens (tertiary/aromatic N) is 2. The van der Waals surface area contributed by atoms with E-state index in [-0.39, 0.29) is 31.9 Å². The first-order valence-electron chi connectivity index (χ1n) is 10.2. The molecule has 0 aliphatic carbocycles. The van der Waals surface area contributed by atoms with Crippen molar-refractivity contribution in [3.8, 4) is 0 Å². The maximum Gasteiger partial charge on any atom is 0.326 e. The highest BCUT2D eigenvalue weighted by Gasteiger charge is 2.38. The van der Waals surface area contributed by atoms with Crippen molar-refractivity contribution in [2.75, 3.05) is 13.1 Å². The molecule has 1 heterocycles. The molecular formula is C18H32N8O6. The number of nitrogens with two attached hydrogens (primary N) is 4. The van der Waals surface area contributed by atoms with Crippen molar-refractivity contribution in [2.24, 2.45) is 27.9 Å². The summed E-state index contributed by atoms with van der Waals surface area (Å²) in [6.07, 6.45) is 0.625. The molecule has 1 saturated heterocycles. The molecule has 1 fully saturated rings. The van der Waals surface area contributed by atoms with E-state index in [0.29, 0.717) is 12.8 Å². The highest BCUT2D eigenvalue weighted by molar-refractivity contribution is 5.96. The van der Waals surface area contributed by atoms with E-state index < -0.39 is 60.2 Å². The zero-order valence-electron chi connectivity index (χ0n) is 18.0. The van der Waals surface area contributed by atoms with Crippen LogP contribution in [0.1, 0.15) is 39.0 Å². The zero-order chi connectivity index (χ0) is 24.4. The number of aliphatic carboxylic acids is 1.